The maximum Gasteiger partial charge on any atom is 0.187 e. The molecule has 0 aliphatic rings. The van der Waals surface area contributed by atoms with Crippen molar-refractivity contribution < 1.29 is 5.11 Å². The van der Waals surface area contributed by atoms with Crippen molar-refractivity contribution in [1.29, 1.82) is 0 Å². The first-order valence-electron chi connectivity index (χ1n) is 8.01. The number of hydrogen-bond acceptors (Lipinski definition) is 5. The minimum Gasteiger partial charge on any atom is -0.396 e. The number of benzene rings is 2. The maximum atomic E-state index is 9.30. The summed E-state index contributed by atoms with van der Waals surface area (Å²) in [4.78, 5) is 4.61. The van der Waals surface area contributed by atoms with E-state index in [2.05, 4.69) is 33.1 Å². The largest absolute Gasteiger partial charge is 0.396 e. The number of nitrogens with zero attached hydrogens (tertiary/aromatic N) is 1. The number of hydrogen-bond donors (Lipinski definition) is 3. The van der Waals surface area contributed by atoms with Crippen LogP contribution in [-0.2, 0) is 6.54 Å². The molecule has 1 unspecified atom stereocenters. The molecular formula is C19H21N3OS. The van der Waals surface area contributed by atoms with Gasteiger partial charge in [-0.3, -0.25) is 0 Å². The Morgan fingerprint density at radius 3 is 2.42 bits per heavy atom. The van der Waals surface area contributed by atoms with Crippen molar-refractivity contribution >= 4 is 22.2 Å². The summed E-state index contributed by atoms with van der Waals surface area (Å²) in [5.74, 6) is 0. The number of anilines is 2. The normalized spacial score (nSPS) is 12.0. The highest BCUT2D eigenvalue weighted by Crippen LogP contribution is 2.22. The third kappa shape index (κ3) is 4.64. The third-order valence-electron chi connectivity index (χ3n) is 3.73. The molecule has 124 valence electrons. The highest BCUT2D eigenvalue weighted by Gasteiger charge is 2.11. The molecule has 4 nitrogen and oxygen atoms in total. The summed E-state index contributed by atoms with van der Waals surface area (Å²) in [5, 5.41) is 19.0. The molecule has 5 heteroatoms. The molecule has 0 aliphatic carbocycles. The van der Waals surface area contributed by atoms with E-state index < -0.39 is 0 Å². The lowest BCUT2D eigenvalue weighted by Crippen LogP contribution is -2.22. The highest BCUT2D eigenvalue weighted by atomic mass is 32.1. The van der Waals surface area contributed by atoms with Crippen LogP contribution in [0.2, 0.25) is 0 Å². The van der Waals surface area contributed by atoms with Gasteiger partial charge >= 0.3 is 0 Å². The Hall–Kier alpha value is -2.21. The van der Waals surface area contributed by atoms with Gasteiger partial charge in [0.2, 0.25) is 0 Å². The van der Waals surface area contributed by atoms with Gasteiger partial charge in [0.25, 0.3) is 0 Å². The van der Waals surface area contributed by atoms with E-state index >= 15 is 0 Å². The Morgan fingerprint density at radius 2 is 1.71 bits per heavy atom. The van der Waals surface area contributed by atoms with Gasteiger partial charge in [-0.05, 0) is 24.1 Å². The lowest BCUT2D eigenvalue weighted by Gasteiger charge is -2.17. The van der Waals surface area contributed by atoms with Gasteiger partial charge in [-0.1, -0.05) is 48.5 Å². The molecule has 0 bridgehead atoms. The van der Waals surface area contributed by atoms with Crippen molar-refractivity contribution in [3.63, 3.8) is 0 Å². The molecule has 0 saturated carbocycles. The predicted molar refractivity (Wildman–Crippen MR) is 99.6 cm³/mol. The standard InChI is InChI=1S/C19H21N3OS/c23-12-11-18(15-7-3-1-4-8-15)20-13-17-14-24-19(22-17)21-16-9-5-2-6-10-16/h1-10,14,18,20,23H,11-13H2,(H,21,22). The number of aromatic nitrogens is 1. The fourth-order valence-electron chi connectivity index (χ4n) is 2.52. The SMILES string of the molecule is OCCC(NCc1csc(Nc2ccccc2)n1)c1ccccc1. The Labute approximate surface area is 146 Å². The van der Waals surface area contributed by atoms with Crippen LogP contribution >= 0.6 is 11.3 Å². The van der Waals surface area contributed by atoms with Gasteiger partial charge in [0, 0.05) is 30.3 Å². The first-order valence-corrected chi connectivity index (χ1v) is 8.89. The molecule has 1 aromatic heterocycles. The number of nitrogens with one attached hydrogen (secondary N) is 2. The fourth-order valence-corrected chi connectivity index (χ4v) is 3.25. The fraction of sp³-hybridized carbons (Fsp3) is 0.211. The Morgan fingerprint density at radius 1 is 1.00 bits per heavy atom. The zero-order valence-corrected chi connectivity index (χ0v) is 14.2. The summed E-state index contributed by atoms with van der Waals surface area (Å²) in [5.41, 5.74) is 3.22. The Bertz CT molecular complexity index is 731. The first kappa shape index (κ1) is 16.6. The first-order chi connectivity index (χ1) is 11.8. The maximum absolute atomic E-state index is 9.30. The van der Waals surface area contributed by atoms with Crippen LogP contribution in [0.25, 0.3) is 0 Å². The van der Waals surface area contributed by atoms with E-state index in [1.165, 1.54) is 5.56 Å². The lowest BCUT2D eigenvalue weighted by atomic mass is 10.0. The molecule has 24 heavy (non-hydrogen) atoms. The molecule has 0 radical (unpaired) electrons. The van der Waals surface area contributed by atoms with Crippen LogP contribution in [-0.4, -0.2) is 16.7 Å². The van der Waals surface area contributed by atoms with Gasteiger partial charge in [-0.2, -0.15) is 0 Å². The van der Waals surface area contributed by atoms with Crippen molar-refractivity contribution in [2.24, 2.45) is 0 Å². The average Bonchev–Trinajstić information content (AvgIpc) is 3.07. The molecule has 0 spiro atoms. The zero-order chi connectivity index (χ0) is 16.6. The van der Waals surface area contributed by atoms with Gasteiger partial charge in [-0.15, -0.1) is 11.3 Å². The predicted octanol–water partition coefficient (Wildman–Crippen LogP) is 4.10. The van der Waals surface area contributed by atoms with Gasteiger partial charge in [0.05, 0.1) is 5.69 Å². The second kappa shape index (κ2) is 8.59. The zero-order valence-electron chi connectivity index (χ0n) is 13.4. The Kier molecular flexibility index (Phi) is 5.96. The minimum atomic E-state index is 0.128. The van der Waals surface area contributed by atoms with E-state index in [-0.39, 0.29) is 12.6 Å². The van der Waals surface area contributed by atoms with Crippen molar-refractivity contribution in [2.45, 2.75) is 19.0 Å². The minimum absolute atomic E-state index is 0.128. The van der Waals surface area contributed by atoms with E-state index in [1.54, 1.807) is 11.3 Å². The van der Waals surface area contributed by atoms with Crippen LogP contribution in [0.15, 0.2) is 66.0 Å². The summed E-state index contributed by atoms with van der Waals surface area (Å²) in [6.07, 6.45) is 0.684. The lowest BCUT2D eigenvalue weighted by molar-refractivity contribution is 0.265. The van der Waals surface area contributed by atoms with E-state index in [0.29, 0.717) is 13.0 Å². The second-order valence-electron chi connectivity index (χ2n) is 5.49. The van der Waals surface area contributed by atoms with Crippen LogP contribution in [0.3, 0.4) is 0 Å². The Balaban J connectivity index is 1.59. The van der Waals surface area contributed by atoms with Gasteiger partial charge < -0.3 is 15.7 Å². The van der Waals surface area contributed by atoms with E-state index in [1.807, 2.05) is 48.5 Å². The smallest absolute Gasteiger partial charge is 0.187 e. The summed E-state index contributed by atoms with van der Waals surface area (Å²) < 4.78 is 0. The van der Waals surface area contributed by atoms with E-state index in [0.717, 1.165) is 16.5 Å². The number of aliphatic hydroxyl groups is 1. The van der Waals surface area contributed by atoms with Gasteiger partial charge in [0.1, 0.15) is 0 Å². The number of para-hydroxylation sites is 1. The van der Waals surface area contributed by atoms with E-state index in [9.17, 15) is 5.11 Å². The van der Waals surface area contributed by atoms with Crippen LogP contribution < -0.4 is 10.6 Å². The van der Waals surface area contributed by atoms with Crippen molar-refractivity contribution in [2.75, 3.05) is 11.9 Å². The number of aliphatic hydroxyl groups excluding tert-OH is 1. The summed E-state index contributed by atoms with van der Waals surface area (Å²) >= 11 is 1.59. The molecule has 0 saturated heterocycles. The van der Waals surface area contributed by atoms with Crippen molar-refractivity contribution in [3.8, 4) is 0 Å². The van der Waals surface area contributed by atoms with Crippen LogP contribution in [0.4, 0.5) is 10.8 Å². The molecule has 3 aromatic rings. The second-order valence-corrected chi connectivity index (χ2v) is 6.35. The molecule has 0 fully saturated rings. The van der Waals surface area contributed by atoms with Crippen LogP contribution in [0.5, 0.6) is 0 Å². The average molecular weight is 339 g/mol. The van der Waals surface area contributed by atoms with Gasteiger partial charge in [0.15, 0.2) is 5.13 Å². The van der Waals surface area contributed by atoms with Crippen LogP contribution in [0.1, 0.15) is 23.7 Å². The molecule has 1 atom stereocenters. The highest BCUT2D eigenvalue weighted by molar-refractivity contribution is 7.13. The topological polar surface area (TPSA) is 57.2 Å². The molecular weight excluding hydrogens is 318 g/mol. The molecule has 3 N–H and O–H groups in total. The van der Waals surface area contributed by atoms with Gasteiger partial charge in [-0.25, -0.2) is 4.98 Å². The van der Waals surface area contributed by atoms with Crippen molar-refractivity contribution in [3.05, 3.63) is 77.3 Å². The summed E-state index contributed by atoms with van der Waals surface area (Å²) in [6, 6.07) is 20.4. The quantitative estimate of drug-likeness (QED) is 0.578. The van der Waals surface area contributed by atoms with E-state index in [4.69, 9.17) is 0 Å². The number of thiazole rings is 1. The third-order valence-corrected chi connectivity index (χ3v) is 4.53. The molecule has 3 rings (SSSR count). The molecule has 1 heterocycles. The monoisotopic (exact) mass is 339 g/mol. The van der Waals surface area contributed by atoms with Crippen LogP contribution in [0, 0.1) is 0 Å². The number of rotatable bonds is 8. The summed E-state index contributed by atoms with van der Waals surface area (Å²) in [7, 11) is 0. The summed E-state index contributed by atoms with van der Waals surface area (Å²) in [6.45, 7) is 0.830. The molecule has 2 aromatic carbocycles. The molecule has 0 aliphatic heterocycles. The van der Waals surface area contributed by atoms with Crippen molar-refractivity contribution in [1.82, 2.24) is 10.3 Å². The molecule has 0 amide bonds.